The van der Waals surface area contributed by atoms with Crippen LogP contribution in [-0.2, 0) is 0 Å². The SMILES string of the molecule is Fc1cnc(N2CCC(COc3ccc(C4CC4)nn3)C2)nc1. The van der Waals surface area contributed by atoms with Crippen LogP contribution >= 0.6 is 0 Å². The highest BCUT2D eigenvalue weighted by Gasteiger charge is 2.26. The number of aromatic nitrogens is 4. The Labute approximate surface area is 133 Å². The topological polar surface area (TPSA) is 64.0 Å². The Morgan fingerprint density at radius 2 is 1.96 bits per heavy atom. The van der Waals surface area contributed by atoms with Crippen LogP contribution in [0.3, 0.4) is 0 Å². The maximum Gasteiger partial charge on any atom is 0.233 e. The van der Waals surface area contributed by atoms with E-state index < -0.39 is 5.82 Å². The zero-order valence-electron chi connectivity index (χ0n) is 12.7. The smallest absolute Gasteiger partial charge is 0.233 e. The molecule has 7 heteroatoms. The van der Waals surface area contributed by atoms with E-state index in [4.69, 9.17) is 4.74 Å². The van der Waals surface area contributed by atoms with Crippen LogP contribution in [0.4, 0.5) is 10.3 Å². The summed E-state index contributed by atoms with van der Waals surface area (Å²) >= 11 is 0. The molecule has 1 atom stereocenters. The molecule has 0 bridgehead atoms. The number of ether oxygens (including phenoxy) is 1. The summed E-state index contributed by atoms with van der Waals surface area (Å²) in [6.45, 7) is 2.25. The largest absolute Gasteiger partial charge is 0.476 e. The summed E-state index contributed by atoms with van der Waals surface area (Å²) < 4.78 is 18.6. The second-order valence-electron chi connectivity index (χ2n) is 6.18. The summed E-state index contributed by atoms with van der Waals surface area (Å²) in [6, 6.07) is 3.91. The minimum Gasteiger partial charge on any atom is -0.476 e. The maximum absolute atomic E-state index is 12.9. The van der Waals surface area contributed by atoms with Crippen molar-refractivity contribution in [1.29, 1.82) is 0 Å². The molecule has 2 aromatic rings. The fourth-order valence-corrected chi connectivity index (χ4v) is 2.83. The lowest BCUT2D eigenvalue weighted by Crippen LogP contribution is -2.23. The van der Waals surface area contributed by atoms with E-state index in [-0.39, 0.29) is 0 Å². The minimum absolute atomic E-state index is 0.383. The molecule has 120 valence electrons. The average molecular weight is 315 g/mol. The Morgan fingerprint density at radius 3 is 2.65 bits per heavy atom. The maximum atomic E-state index is 12.9. The summed E-state index contributed by atoms with van der Waals surface area (Å²) in [5.74, 6) is 1.72. The highest BCUT2D eigenvalue weighted by atomic mass is 19.1. The molecule has 1 saturated heterocycles. The second kappa shape index (κ2) is 6.06. The van der Waals surface area contributed by atoms with Gasteiger partial charge in [0.25, 0.3) is 0 Å². The van der Waals surface area contributed by atoms with Crippen LogP contribution in [0.25, 0.3) is 0 Å². The summed E-state index contributed by atoms with van der Waals surface area (Å²) in [5.41, 5.74) is 1.07. The molecule has 23 heavy (non-hydrogen) atoms. The lowest BCUT2D eigenvalue weighted by Gasteiger charge is -2.16. The zero-order chi connectivity index (χ0) is 15.6. The first kappa shape index (κ1) is 14.3. The Balaban J connectivity index is 1.29. The number of nitrogens with zero attached hydrogens (tertiary/aromatic N) is 5. The first-order valence-corrected chi connectivity index (χ1v) is 7.97. The molecular weight excluding hydrogens is 297 g/mol. The van der Waals surface area contributed by atoms with Crippen molar-refractivity contribution in [2.45, 2.75) is 25.2 Å². The number of hydrogen-bond acceptors (Lipinski definition) is 6. The first-order valence-electron chi connectivity index (χ1n) is 7.97. The molecule has 1 aliphatic carbocycles. The standard InChI is InChI=1S/C16H18FN5O/c17-13-7-18-16(19-8-13)22-6-5-11(9-22)10-23-15-4-3-14(20-21-15)12-1-2-12/h3-4,7-8,11-12H,1-2,5-6,9-10H2. The van der Waals surface area contributed by atoms with E-state index in [9.17, 15) is 4.39 Å². The van der Waals surface area contributed by atoms with Crippen molar-refractivity contribution in [3.8, 4) is 5.88 Å². The number of rotatable bonds is 5. The van der Waals surface area contributed by atoms with Gasteiger partial charge in [0.2, 0.25) is 11.8 Å². The summed E-state index contributed by atoms with van der Waals surface area (Å²) in [6.07, 6.45) is 5.83. The van der Waals surface area contributed by atoms with Crippen molar-refractivity contribution < 1.29 is 9.13 Å². The van der Waals surface area contributed by atoms with E-state index in [1.165, 1.54) is 25.2 Å². The van der Waals surface area contributed by atoms with Crippen LogP contribution < -0.4 is 9.64 Å². The van der Waals surface area contributed by atoms with Crippen molar-refractivity contribution in [3.05, 3.63) is 36.0 Å². The molecule has 0 spiro atoms. The molecule has 0 radical (unpaired) electrons. The predicted octanol–water partition coefficient (Wildman–Crippen LogP) is 2.19. The van der Waals surface area contributed by atoms with E-state index >= 15 is 0 Å². The molecule has 6 nitrogen and oxygen atoms in total. The van der Waals surface area contributed by atoms with Gasteiger partial charge in [0.05, 0.1) is 24.7 Å². The van der Waals surface area contributed by atoms with Gasteiger partial charge in [0.15, 0.2) is 5.82 Å². The molecular formula is C16H18FN5O. The van der Waals surface area contributed by atoms with E-state index in [1.807, 2.05) is 12.1 Å². The predicted molar refractivity (Wildman–Crippen MR) is 81.8 cm³/mol. The second-order valence-corrected chi connectivity index (χ2v) is 6.18. The van der Waals surface area contributed by atoms with Gasteiger partial charge in [0.1, 0.15) is 0 Å². The highest BCUT2D eigenvalue weighted by Crippen LogP contribution is 2.38. The molecule has 0 amide bonds. The van der Waals surface area contributed by atoms with Gasteiger partial charge in [-0.15, -0.1) is 5.10 Å². The molecule has 3 heterocycles. The first-order chi connectivity index (χ1) is 11.3. The van der Waals surface area contributed by atoms with Crippen LogP contribution in [0.1, 0.15) is 30.9 Å². The Bertz CT molecular complexity index is 659. The fraction of sp³-hybridized carbons (Fsp3) is 0.500. The van der Waals surface area contributed by atoms with Crippen molar-refractivity contribution in [2.75, 3.05) is 24.6 Å². The monoisotopic (exact) mass is 315 g/mol. The van der Waals surface area contributed by atoms with E-state index in [1.54, 1.807) is 0 Å². The Kier molecular flexibility index (Phi) is 3.77. The number of anilines is 1. The van der Waals surface area contributed by atoms with Crippen LogP contribution in [0.15, 0.2) is 24.5 Å². The molecule has 2 aliphatic rings. The molecule has 1 aliphatic heterocycles. The lowest BCUT2D eigenvalue weighted by atomic mass is 10.1. The Morgan fingerprint density at radius 1 is 1.13 bits per heavy atom. The number of hydrogen-bond donors (Lipinski definition) is 0. The van der Waals surface area contributed by atoms with Crippen molar-refractivity contribution in [2.24, 2.45) is 5.92 Å². The van der Waals surface area contributed by atoms with Crippen LogP contribution in [0.5, 0.6) is 5.88 Å². The van der Waals surface area contributed by atoms with Crippen LogP contribution in [0, 0.1) is 11.7 Å². The molecule has 0 aromatic carbocycles. The molecule has 1 saturated carbocycles. The van der Waals surface area contributed by atoms with Gasteiger partial charge < -0.3 is 9.64 Å². The number of halogens is 1. The molecule has 2 aromatic heterocycles. The lowest BCUT2D eigenvalue weighted by molar-refractivity contribution is 0.249. The third-order valence-electron chi connectivity index (χ3n) is 4.30. The van der Waals surface area contributed by atoms with E-state index in [2.05, 4.69) is 25.1 Å². The third-order valence-corrected chi connectivity index (χ3v) is 4.30. The van der Waals surface area contributed by atoms with Gasteiger partial charge in [0, 0.05) is 31.0 Å². The zero-order valence-corrected chi connectivity index (χ0v) is 12.7. The third kappa shape index (κ3) is 3.38. The van der Waals surface area contributed by atoms with Crippen molar-refractivity contribution in [1.82, 2.24) is 20.2 Å². The van der Waals surface area contributed by atoms with Gasteiger partial charge in [-0.1, -0.05) is 0 Å². The molecule has 0 N–H and O–H groups in total. The van der Waals surface area contributed by atoms with E-state index in [0.717, 1.165) is 25.2 Å². The molecule has 1 unspecified atom stereocenters. The fourth-order valence-electron chi connectivity index (χ4n) is 2.83. The summed E-state index contributed by atoms with van der Waals surface area (Å²) in [5, 5.41) is 8.35. The van der Waals surface area contributed by atoms with E-state index in [0.29, 0.717) is 30.3 Å². The van der Waals surface area contributed by atoms with Gasteiger partial charge in [-0.2, -0.15) is 5.10 Å². The van der Waals surface area contributed by atoms with Crippen molar-refractivity contribution >= 4 is 5.95 Å². The minimum atomic E-state index is -0.416. The van der Waals surface area contributed by atoms with Gasteiger partial charge >= 0.3 is 0 Å². The van der Waals surface area contributed by atoms with Crippen LogP contribution in [-0.4, -0.2) is 39.9 Å². The highest BCUT2D eigenvalue weighted by molar-refractivity contribution is 5.30. The van der Waals surface area contributed by atoms with Crippen molar-refractivity contribution in [3.63, 3.8) is 0 Å². The summed E-state index contributed by atoms with van der Waals surface area (Å²) in [4.78, 5) is 10.1. The normalized spacial score (nSPS) is 20.7. The van der Waals surface area contributed by atoms with Gasteiger partial charge in [-0.25, -0.2) is 14.4 Å². The summed E-state index contributed by atoms with van der Waals surface area (Å²) in [7, 11) is 0. The molecule has 4 rings (SSSR count). The Hall–Kier alpha value is -2.31. The van der Waals surface area contributed by atoms with Gasteiger partial charge in [-0.05, 0) is 25.3 Å². The average Bonchev–Trinajstić information content (AvgIpc) is 3.33. The molecule has 2 fully saturated rings. The van der Waals surface area contributed by atoms with Crippen LogP contribution in [0.2, 0.25) is 0 Å². The van der Waals surface area contributed by atoms with Gasteiger partial charge in [-0.3, -0.25) is 0 Å². The quantitative estimate of drug-likeness (QED) is 0.843.